The molecular weight excluding hydrogens is 560 g/mol. The largest absolute Gasteiger partial charge is 0.393 e. The van der Waals surface area contributed by atoms with Gasteiger partial charge in [-0.3, -0.25) is 42.5 Å². The fraction of sp³-hybridized carbons (Fsp3) is 1.00. The van der Waals surface area contributed by atoms with Crippen molar-refractivity contribution in [3.05, 3.63) is 0 Å². The second-order valence-electron chi connectivity index (χ2n) is 15.7. The smallest absolute Gasteiger partial charge is 0.0653 e. The quantitative estimate of drug-likeness (QED) is 0.187. The second kappa shape index (κ2) is 12.2. The van der Waals surface area contributed by atoms with E-state index in [1.54, 1.807) is 0 Å². The van der Waals surface area contributed by atoms with Crippen LogP contribution < -0.4 is 42.5 Å². The molecule has 42 heavy (non-hydrogen) atoms. The van der Waals surface area contributed by atoms with E-state index in [2.05, 4.69) is 42.5 Å². The van der Waals surface area contributed by atoms with Crippen LogP contribution in [-0.2, 0) is 21.7 Å². The van der Waals surface area contributed by atoms with Gasteiger partial charge in [0.05, 0.1) is 55.4 Å². The zero-order chi connectivity index (χ0) is 27.1. The molecule has 0 radical (unpaired) electrons. The molecule has 4 aliphatic carbocycles. The van der Waals surface area contributed by atoms with E-state index in [1.807, 2.05) is 0 Å². The van der Waals surface area contributed by atoms with Crippen molar-refractivity contribution in [1.29, 1.82) is 0 Å². The predicted octanol–water partition coefficient (Wildman–Crippen LogP) is 1.57. The molecule has 0 spiro atoms. The number of aliphatic hydroxyl groups is 1. The molecule has 17 unspecified atom stereocenters. The first-order chi connectivity index (χ1) is 20.2. The van der Waals surface area contributed by atoms with Crippen LogP contribution in [0.25, 0.3) is 0 Å². The molecule has 5 aliphatic heterocycles. The van der Waals surface area contributed by atoms with Gasteiger partial charge in [0.1, 0.15) is 0 Å². The first-order valence-electron chi connectivity index (χ1n) is 18.0. The Labute approximate surface area is 267 Å². The Morgan fingerprint density at radius 2 is 0.571 bits per heavy atom. The zero-order valence-corrected chi connectivity index (χ0v) is 26.9. The van der Waals surface area contributed by atoms with Crippen molar-refractivity contribution in [2.75, 3.05) is 0 Å². The average Bonchev–Trinajstić information content (AvgIpc) is 3.73. The molecule has 0 aromatic heterocycles. The average molecular weight is 617 g/mol. The maximum atomic E-state index is 11.4. The van der Waals surface area contributed by atoms with Gasteiger partial charge >= 0.3 is 0 Å². The summed E-state index contributed by atoms with van der Waals surface area (Å²) in [7, 11) is 0. The van der Waals surface area contributed by atoms with E-state index in [4.69, 9.17) is 0 Å². The van der Waals surface area contributed by atoms with Gasteiger partial charge in [-0.25, -0.2) is 0 Å². The Balaban J connectivity index is 0.00000267. The minimum absolute atomic E-state index is 0. The molecule has 5 saturated heterocycles. The topological polar surface area (TPSA) is 116 Å². The minimum atomic E-state index is -0.221. The summed E-state index contributed by atoms with van der Waals surface area (Å²) < 4.78 is 0. The Morgan fingerprint density at radius 1 is 0.310 bits per heavy atom. The van der Waals surface area contributed by atoms with Crippen LogP contribution in [0.3, 0.4) is 0 Å². The molecule has 8 bridgehead atoms. The number of fused-ring (bicyclic) bond motifs is 20. The second-order valence-corrected chi connectivity index (χ2v) is 15.7. The summed E-state index contributed by atoms with van der Waals surface area (Å²) >= 11 is 0. The Bertz CT molecular complexity index is 959. The molecule has 10 heteroatoms. The van der Waals surface area contributed by atoms with Gasteiger partial charge in [-0.15, -0.1) is 0 Å². The van der Waals surface area contributed by atoms with Gasteiger partial charge in [-0.05, 0) is 92.8 Å². The van der Waals surface area contributed by atoms with E-state index >= 15 is 0 Å². The molecule has 5 heterocycles. The maximum Gasteiger partial charge on any atom is 0.0653 e. The van der Waals surface area contributed by atoms with E-state index in [-0.39, 0.29) is 46.1 Å². The summed E-state index contributed by atoms with van der Waals surface area (Å²) in [6.07, 6.45) is 21.7. The van der Waals surface area contributed by atoms with Crippen molar-refractivity contribution in [3.8, 4) is 0 Å². The van der Waals surface area contributed by atoms with Gasteiger partial charge < -0.3 is 5.11 Å². The molecule has 9 nitrogen and oxygen atoms in total. The third-order valence-corrected chi connectivity index (χ3v) is 13.9. The van der Waals surface area contributed by atoms with Crippen molar-refractivity contribution in [2.24, 2.45) is 47.3 Å². The Hall–Kier alpha value is 0.354. The molecule has 9 aliphatic rings. The van der Waals surface area contributed by atoms with E-state index in [1.165, 1.54) is 83.5 Å². The predicted molar refractivity (Wildman–Crippen MR) is 159 cm³/mol. The molecule has 9 fully saturated rings. The number of nitrogens with one attached hydrogen (secondary N) is 8. The Kier molecular flexibility index (Phi) is 8.62. The van der Waals surface area contributed by atoms with Crippen LogP contribution in [0, 0.1) is 47.3 Å². The van der Waals surface area contributed by atoms with E-state index < -0.39 is 0 Å². The summed E-state index contributed by atoms with van der Waals surface area (Å²) in [5, 5.41) is 44.6. The number of rotatable bonds is 0. The van der Waals surface area contributed by atoms with Gasteiger partial charge in [-0.2, -0.15) is 0 Å². The van der Waals surface area contributed by atoms with Crippen LogP contribution in [0.15, 0.2) is 0 Å². The Morgan fingerprint density at radius 3 is 0.905 bits per heavy atom. The summed E-state index contributed by atoms with van der Waals surface area (Å²) in [5.74, 6) is 4.87. The normalized spacial score (nSPS) is 56.9. The van der Waals surface area contributed by atoms with Gasteiger partial charge in [0.2, 0.25) is 0 Å². The van der Waals surface area contributed by atoms with E-state index in [9.17, 15) is 5.11 Å². The van der Waals surface area contributed by atoms with Crippen molar-refractivity contribution in [3.63, 3.8) is 0 Å². The molecular formula is C32H56N8OTi. The molecule has 4 saturated carbocycles. The minimum Gasteiger partial charge on any atom is -0.393 e. The van der Waals surface area contributed by atoms with E-state index in [0.717, 1.165) is 12.8 Å². The van der Waals surface area contributed by atoms with Gasteiger partial charge in [0, 0.05) is 27.6 Å². The van der Waals surface area contributed by atoms with Crippen LogP contribution in [0.1, 0.15) is 96.3 Å². The molecule has 0 aromatic rings. The summed E-state index contributed by atoms with van der Waals surface area (Å²) in [5.41, 5.74) is 0. The zero-order valence-electron chi connectivity index (χ0n) is 25.4. The molecule has 9 N–H and O–H groups in total. The summed E-state index contributed by atoms with van der Waals surface area (Å²) in [6, 6.07) is 0. The van der Waals surface area contributed by atoms with Crippen molar-refractivity contribution in [1.82, 2.24) is 42.5 Å². The third-order valence-electron chi connectivity index (χ3n) is 13.9. The van der Waals surface area contributed by atoms with Crippen LogP contribution in [0.2, 0.25) is 0 Å². The summed E-state index contributed by atoms with van der Waals surface area (Å²) in [6.45, 7) is 0. The van der Waals surface area contributed by atoms with Crippen molar-refractivity contribution in [2.45, 2.75) is 152 Å². The van der Waals surface area contributed by atoms with Crippen LogP contribution in [0.5, 0.6) is 0 Å². The molecule has 0 amide bonds. The summed E-state index contributed by atoms with van der Waals surface area (Å²) in [4.78, 5) is 0. The number of aliphatic hydroxyl groups excluding tert-OH is 1. The molecule has 0 aromatic carbocycles. The van der Waals surface area contributed by atoms with Crippen molar-refractivity contribution >= 4 is 0 Å². The molecule has 234 valence electrons. The molecule has 9 rings (SSSR count). The monoisotopic (exact) mass is 616 g/mol. The van der Waals surface area contributed by atoms with Gasteiger partial charge in [-0.1, -0.05) is 44.9 Å². The van der Waals surface area contributed by atoms with Crippen LogP contribution in [-0.4, -0.2) is 60.5 Å². The number of hydrogen-bond acceptors (Lipinski definition) is 9. The number of hydrogen-bond donors (Lipinski definition) is 9. The SMILES string of the molecule is OC1CCCC2C3NC4NC(NC5NC(NC6NC(NC(N3)C12)C1CCCCC61)C1CCCCC51)C1CCCCC41.[Ti]. The van der Waals surface area contributed by atoms with E-state index in [0.29, 0.717) is 78.4 Å². The first-order valence-corrected chi connectivity index (χ1v) is 18.0. The van der Waals surface area contributed by atoms with Gasteiger partial charge in [0.15, 0.2) is 0 Å². The fourth-order valence-electron chi connectivity index (χ4n) is 12.0. The van der Waals surface area contributed by atoms with Gasteiger partial charge in [0.25, 0.3) is 0 Å². The first kappa shape index (κ1) is 29.7. The van der Waals surface area contributed by atoms with Crippen molar-refractivity contribution < 1.29 is 26.8 Å². The maximum absolute atomic E-state index is 11.4. The molecule has 17 atom stereocenters. The third kappa shape index (κ3) is 5.04. The standard InChI is InChI=1S/C32H56N8O.Ti/c41-23-15-7-14-22-24(23)32-39-30-21-13-6-5-12-20(21)28(37-30)35-26-17-9-2-1-8-16(17)25(33-26)34-27-18-10-3-4-11-19(18)29(36-27)38-31(22)40-32;/h16-41H,1-15H2;. The fourth-order valence-corrected chi connectivity index (χ4v) is 12.0. The van der Waals surface area contributed by atoms with Crippen LogP contribution in [0.4, 0.5) is 0 Å². The van der Waals surface area contributed by atoms with Crippen LogP contribution >= 0.6 is 0 Å².